The average molecular weight is 209 g/mol. The minimum Gasteiger partial charge on any atom is -0.343 e. The van der Waals surface area contributed by atoms with E-state index in [0.29, 0.717) is 5.91 Å². The van der Waals surface area contributed by atoms with Crippen LogP contribution in [-0.4, -0.2) is 23.9 Å². The fourth-order valence-corrected chi connectivity index (χ4v) is 2.34. The van der Waals surface area contributed by atoms with E-state index in [1.807, 2.05) is 4.90 Å². The third kappa shape index (κ3) is 2.35. The van der Waals surface area contributed by atoms with E-state index < -0.39 is 0 Å². The molecule has 1 aromatic rings. The first-order valence-corrected chi connectivity index (χ1v) is 6.04. The molecule has 14 heavy (non-hydrogen) atoms. The molecule has 0 aliphatic carbocycles. The second-order valence-electron chi connectivity index (χ2n) is 3.67. The summed E-state index contributed by atoms with van der Waals surface area (Å²) in [5, 5.41) is 2.09. The minimum absolute atomic E-state index is 0.341. The maximum Gasteiger partial charge on any atom is 0.222 e. The van der Waals surface area contributed by atoms with Crippen molar-refractivity contribution in [1.82, 2.24) is 4.90 Å². The fraction of sp³-hybridized carbons (Fsp3) is 0.545. The van der Waals surface area contributed by atoms with Gasteiger partial charge in [0.25, 0.3) is 0 Å². The maximum atomic E-state index is 11.5. The Balaban J connectivity index is 1.65. The highest BCUT2D eigenvalue weighted by atomic mass is 32.1. The number of hydrogen-bond acceptors (Lipinski definition) is 2. The van der Waals surface area contributed by atoms with Gasteiger partial charge in [-0.1, -0.05) is 6.07 Å². The maximum absolute atomic E-state index is 11.5. The number of amides is 1. The van der Waals surface area contributed by atoms with Crippen LogP contribution < -0.4 is 0 Å². The van der Waals surface area contributed by atoms with Crippen LogP contribution in [0, 0.1) is 0 Å². The lowest BCUT2D eigenvalue weighted by Crippen LogP contribution is -2.41. The van der Waals surface area contributed by atoms with Crippen LogP contribution in [0.4, 0.5) is 0 Å². The molecule has 0 unspecified atom stereocenters. The van der Waals surface area contributed by atoms with Crippen LogP contribution >= 0.6 is 11.3 Å². The van der Waals surface area contributed by atoms with Gasteiger partial charge in [0.05, 0.1) is 0 Å². The summed E-state index contributed by atoms with van der Waals surface area (Å²) in [7, 11) is 0. The Morgan fingerprint density at radius 3 is 2.93 bits per heavy atom. The van der Waals surface area contributed by atoms with E-state index in [2.05, 4.69) is 17.5 Å². The number of thiophene rings is 1. The SMILES string of the molecule is O=C(CCCc1cccs1)N1CCC1. The van der Waals surface area contributed by atoms with Gasteiger partial charge in [-0.05, 0) is 30.7 Å². The highest BCUT2D eigenvalue weighted by molar-refractivity contribution is 7.09. The van der Waals surface area contributed by atoms with E-state index in [1.54, 1.807) is 11.3 Å². The molecule has 1 aliphatic heterocycles. The molecule has 1 fully saturated rings. The van der Waals surface area contributed by atoms with Crippen LogP contribution in [0.1, 0.15) is 24.1 Å². The third-order valence-corrected chi connectivity index (χ3v) is 3.54. The molecule has 0 bridgehead atoms. The molecule has 1 saturated heterocycles. The lowest BCUT2D eigenvalue weighted by atomic mass is 10.1. The first kappa shape index (κ1) is 9.71. The molecule has 2 heterocycles. The largest absolute Gasteiger partial charge is 0.343 e. The van der Waals surface area contributed by atoms with E-state index in [4.69, 9.17) is 0 Å². The van der Waals surface area contributed by atoms with E-state index in [1.165, 1.54) is 11.3 Å². The second kappa shape index (κ2) is 4.60. The van der Waals surface area contributed by atoms with Crippen LogP contribution in [0.5, 0.6) is 0 Å². The number of hydrogen-bond donors (Lipinski definition) is 0. The molecule has 3 heteroatoms. The summed E-state index contributed by atoms with van der Waals surface area (Å²) in [6, 6.07) is 4.20. The predicted octanol–water partition coefficient (Wildman–Crippen LogP) is 2.30. The Kier molecular flexibility index (Phi) is 3.19. The standard InChI is InChI=1S/C11H15NOS/c13-11(12-7-3-8-12)6-1-4-10-5-2-9-14-10/h2,5,9H,1,3-4,6-8H2. The summed E-state index contributed by atoms with van der Waals surface area (Å²) in [5.41, 5.74) is 0. The van der Waals surface area contributed by atoms with Crippen molar-refractivity contribution in [3.63, 3.8) is 0 Å². The number of carbonyl (C=O) groups excluding carboxylic acids is 1. The van der Waals surface area contributed by atoms with E-state index >= 15 is 0 Å². The molecule has 2 rings (SSSR count). The van der Waals surface area contributed by atoms with Crippen molar-refractivity contribution in [2.45, 2.75) is 25.7 Å². The summed E-state index contributed by atoms with van der Waals surface area (Å²) in [6.45, 7) is 1.97. The Morgan fingerprint density at radius 1 is 1.50 bits per heavy atom. The Morgan fingerprint density at radius 2 is 2.36 bits per heavy atom. The first-order chi connectivity index (χ1) is 6.86. The lowest BCUT2D eigenvalue weighted by Gasteiger charge is -2.30. The molecule has 1 aromatic heterocycles. The Hall–Kier alpha value is -0.830. The van der Waals surface area contributed by atoms with Crippen molar-refractivity contribution in [2.24, 2.45) is 0 Å². The quantitative estimate of drug-likeness (QED) is 0.745. The molecule has 0 atom stereocenters. The molecule has 1 amide bonds. The molecular formula is C11H15NOS. The minimum atomic E-state index is 0.341. The van der Waals surface area contributed by atoms with Crippen molar-refractivity contribution in [3.8, 4) is 0 Å². The second-order valence-corrected chi connectivity index (χ2v) is 4.70. The summed E-state index contributed by atoms with van der Waals surface area (Å²) >= 11 is 1.78. The lowest BCUT2D eigenvalue weighted by molar-refractivity contribution is -0.134. The zero-order valence-electron chi connectivity index (χ0n) is 8.24. The van der Waals surface area contributed by atoms with Gasteiger partial charge in [0.1, 0.15) is 0 Å². The number of aryl methyl sites for hydroxylation is 1. The van der Waals surface area contributed by atoms with E-state index in [0.717, 1.165) is 32.4 Å². The molecule has 0 saturated carbocycles. The van der Waals surface area contributed by atoms with Gasteiger partial charge >= 0.3 is 0 Å². The highest BCUT2D eigenvalue weighted by Gasteiger charge is 2.18. The van der Waals surface area contributed by atoms with Crippen molar-refractivity contribution in [3.05, 3.63) is 22.4 Å². The normalized spacial score (nSPS) is 15.3. The number of rotatable bonds is 4. The van der Waals surface area contributed by atoms with Gasteiger partial charge in [-0.15, -0.1) is 11.3 Å². The molecule has 0 spiro atoms. The van der Waals surface area contributed by atoms with Crippen molar-refractivity contribution < 1.29 is 4.79 Å². The first-order valence-electron chi connectivity index (χ1n) is 5.16. The number of likely N-dealkylation sites (tertiary alicyclic amines) is 1. The molecular weight excluding hydrogens is 194 g/mol. The molecule has 2 nitrogen and oxygen atoms in total. The number of nitrogens with zero attached hydrogens (tertiary/aromatic N) is 1. The summed E-state index contributed by atoms with van der Waals surface area (Å²) in [5.74, 6) is 0.341. The van der Waals surface area contributed by atoms with Gasteiger partial charge in [-0.3, -0.25) is 4.79 Å². The van der Waals surface area contributed by atoms with Gasteiger partial charge in [0, 0.05) is 24.4 Å². The van der Waals surface area contributed by atoms with Crippen LogP contribution in [-0.2, 0) is 11.2 Å². The Bertz CT molecular complexity index is 290. The summed E-state index contributed by atoms with van der Waals surface area (Å²) in [4.78, 5) is 14.8. The summed E-state index contributed by atoms with van der Waals surface area (Å²) in [6.07, 6.45) is 3.96. The molecule has 0 aromatic carbocycles. The molecule has 0 radical (unpaired) electrons. The third-order valence-electron chi connectivity index (χ3n) is 2.60. The zero-order valence-corrected chi connectivity index (χ0v) is 9.05. The van der Waals surface area contributed by atoms with Crippen LogP contribution in [0.3, 0.4) is 0 Å². The van der Waals surface area contributed by atoms with Crippen LogP contribution in [0.2, 0.25) is 0 Å². The fourth-order valence-electron chi connectivity index (χ4n) is 1.59. The smallest absolute Gasteiger partial charge is 0.222 e. The molecule has 1 aliphatic rings. The van der Waals surface area contributed by atoms with Gasteiger partial charge in [-0.25, -0.2) is 0 Å². The van der Waals surface area contributed by atoms with Crippen molar-refractivity contribution in [2.75, 3.05) is 13.1 Å². The van der Waals surface area contributed by atoms with Crippen LogP contribution in [0.25, 0.3) is 0 Å². The van der Waals surface area contributed by atoms with E-state index in [-0.39, 0.29) is 0 Å². The molecule has 76 valence electrons. The summed E-state index contributed by atoms with van der Waals surface area (Å²) < 4.78 is 0. The predicted molar refractivity (Wildman–Crippen MR) is 58.5 cm³/mol. The van der Waals surface area contributed by atoms with Gasteiger partial charge < -0.3 is 4.90 Å². The van der Waals surface area contributed by atoms with Crippen LogP contribution in [0.15, 0.2) is 17.5 Å². The van der Waals surface area contributed by atoms with Gasteiger partial charge in [0.15, 0.2) is 0 Å². The Labute approximate surface area is 88.5 Å². The van der Waals surface area contributed by atoms with Gasteiger partial charge in [-0.2, -0.15) is 0 Å². The van der Waals surface area contributed by atoms with Crippen molar-refractivity contribution >= 4 is 17.2 Å². The van der Waals surface area contributed by atoms with E-state index in [9.17, 15) is 4.79 Å². The highest BCUT2D eigenvalue weighted by Crippen LogP contribution is 2.14. The topological polar surface area (TPSA) is 20.3 Å². The van der Waals surface area contributed by atoms with Crippen molar-refractivity contribution in [1.29, 1.82) is 0 Å². The van der Waals surface area contributed by atoms with Gasteiger partial charge in [0.2, 0.25) is 5.91 Å². The molecule has 0 N–H and O–H groups in total. The monoisotopic (exact) mass is 209 g/mol. The average Bonchev–Trinajstić information content (AvgIpc) is 2.53. The zero-order chi connectivity index (χ0) is 9.80. The number of carbonyl (C=O) groups is 1.